The second kappa shape index (κ2) is 11.1. The van der Waals surface area contributed by atoms with Crippen molar-refractivity contribution in [2.24, 2.45) is 0 Å². The Kier molecular flexibility index (Phi) is 7.10. The number of rotatable bonds is 8. The first-order valence-corrected chi connectivity index (χ1v) is 15.0. The lowest BCUT2D eigenvalue weighted by Crippen LogP contribution is -2.05. The van der Waals surface area contributed by atoms with Gasteiger partial charge in [0.2, 0.25) is 0 Å². The molecule has 0 aliphatic rings. The zero-order chi connectivity index (χ0) is 28.8. The van der Waals surface area contributed by atoms with Gasteiger partial charge in [0, 0.05) is 24.1 Å². The van der Waals surface area contributed by atoms with Gasteiger partial charge in [-0.25, -0.2) is 0 Å². The normalized spacial score (nSPS) is 11.9. The molecule has 7 rings (SSSR count). The van der Waals surface area contributed by atoms with Gasteiger partial charge < -0.3 is 18.9 Å². The lowest BCUT2D eigenvalue weighted by atomic mass is 9.90. The van der Waals surface area contributed by atoms with E-state index < -0.39 is 0 Å². The third-order valence-corrected chi connectivity index (χ3v) is 8.94. The Labute approximate surface area is 252 Å². The van der Waals surface area contributed by atoms with Crippen LogP contribution in [0.4, 0.5) is 0 Å². The fraction of sp³-hybridized carbons (Fsp3) is 0.189. The van der Waals surface area contributed by atoms with Crippen molar-refractivity contribution in [3.05, 3.63) is 95.0 Å². The molecule has 0 bridgehead atoms. The molecule has 4 nitrogen and oxygen atoms in total. The van der Waals surface area contributed by atoms with Crippen molar-refractivity contribution in [1.29, 1.82) is 0 Å². The van der Waals surface area contributed by atoms with Crippen LogP contribution in [0.1, 0.15) is 5.56 Å². The van der Waals surface area contributed by atoms with E-state index in [0.29, 0.717) is 26.4 Å². The lowest BCUT2D eigenvalue weighted by molar-refractivity contribution is 0.146. The summed E-state index contributed by atoms with van der Waals surface area (Å²) >= 11 is 3.77. The molecule has 0 saturated carbocycles. The molecule has 0 radical (unpaired) electrons. The Balaban J connectivity index is 1.51. The highest BCUT2D eigenvalue weighted by molar-refractivity contribution is 9.10. The molecular formula is C37H31BrO4. The van der Waals surface area contributed by atoms with Crippen molar-refractivity contribution < 1.29 is 18.9 Å². The van der Waals surface area contributed by atoms with Gasteiger partial charge in [0.15, 0.2) is 0 Å². The van der Waals surface area contributed by atoms with Gasteiger partial charge in [-0.2, -0.15) is 0 Å². The van der Waals surface area contributed by atoms with Crippen molar-refractivity contribution in [2.45, 2.75) is 6.92 Å². The van der Waals surface area contributed by atoms with E-state index in [4.69, 9.17) is 18.9 Å². The first-order chi connectivity index (χ1) is 20.6. The molecule has 0 unspecified atom stereocenters. The zero-order valence-electron chi connectivity index (χ0n) is 23.9. The van der Waals surface area contributed by atoms with Crippen LogP contribution in [0.2, 0.25) is 0 Å². The molecule has 0 saturated heterocycles. The van der Waals surface area contributed by atoms with E-state index in [1.54, 1.807) is 14.2 Å². The maximum absolute atomic E-state index is 6.46. The van der Waals surface area contributed by atoms with Crippen LogP contribution in [0.3, 0.4) is 0 Å². The molecule has 0 heterocycles. The van der Waals surface area contributed by atoms with Crippen LogP contribution in [-0.4, -0.2) is 40.6 Å². The Hall–Kier alpha value is -3.90. The summed E-state index contributed by atoms with van der Waals surface area (Å²) in [6.45, 7) is 4.22. The van der Waals surface area contributed by atoms with E-state index in [2.05, 4.69) is 102 Å². The summed E-state index contributed by atoms with van der Waals surface area (Å²) in [7, 11) is 3.39. The number of hydrogen-bond donors (Lipinski definition) is 0. The second-order valence-corrected chi connectivity index (χ2v) is 11.6. The van der Waals surface area contributed by atoms with E-state index >= 15 is 0 Å². The summed E-state index contributed by atoms with van der Waals surface area (Å²) in [5.41, 5.74) is 1.27. The number of hydrogen-bond acceptors (Lipinski definition) is 4. The molecule has 0 aliphatic carbocycles. The van der Waals surface area contributed by atoms with Crippen molar-refractivity contribution in [2.75, 3.05) is 40.6 Å². The van der Waals surface area contributed by atoms with Gasteiger partial charge in [0.1, 0.15) is 24.7 Å². The summed E-state index contributed by atoms with van der Waals surface area (Å²) in [6.07, 6.45) is 0. The van der Waals surface area contributed by atoms with E-state index in [9.17, 15) is 0 Å². The molecule has 0 spiro atoms. The third kappa shape index (κ3) is 4.44. The van der Waals surface area contributed by atoms with E-state index in [-0.39, 0.29) is 0 Å². The molecule has 0 N–H and O–H groups in total. The highest BCUT2D eigenvalue weighted by atomic mass is 79.9. The topological polar surface area (TPSA) is 36.9 Å². The maximum Gasteiger partial charge on any atom is 0.128 e. The van der Waals surface area contributed by atoms with Crippen molar-refractivity contribution in [1.82, 2.24) is 0 Å². The zero-order valence-corrected chi connectivity index (χ0v) is 25.5. The molecule has 0 aromatic heterocycles. The molecule has 0 aliphatic heterocycles. The highest BCUT2D eigenvalue weighted by Crippen LogP contribution is 2.44. The Morgan fingerprint density at radius 2 is 1.02 bits per heavy atom. The standard InChI is InChI=1S/C37H31BrO4/c1-22-5-4-6-25-24(22)7-8-29-32-13-10-27-26-9-12-30-33(19-23(20-35(30)38)41-17-15-39-2)28(26)11-14-31(27)37(32)36(21-34(25)29)42-18-16-40-3/h4-14,19-21H,15-18H2,1-3H3. The van der Waals surface area contributed by atoms with Crippen LogP contribution in [0.5, 0.6) is 11.5 Å². The monoisotopic (exact) mass is 618 g/mol. The number of fused-ring (bicyclic) bond motifs is 11. The minimum atomic E-state index is 0.482. The van der Waals surface area contributed by atoms with Crippen molar-refractivity contribution >= 4 is 80.6 Å². The van der Waals surface area contributed by atoms with Crippen LogP contribution in [0, 0.1) is 6.92 Å². The molecule has 7 aromatic carbocycles. The molecule has 0 fully saturated rings. The highest BCUT2D eigenvalue weighted by Gasteiger charge is 2.16. The quantitative estimate of drug-likeness (QED) is 0.125. The van der Waals surface area contributed by atoms with Crippen molar-refractivity contribution in [3.63, 3.8) is 0 Å². The molecule has 7 aromatic rings. The van der Waals surface area contributed by atoms with Crippen LogP contribution >= 0.6 is 15.9 Å². The molecular weight excluding hydrogens is 588 g/mol. The number of aryl methyl sites for hydroxylation is 1. The first kappa shape index (κ1) is 27.0. The SMILES string of the molecule is COCCOc1cc(Br)c2ccc3c(ccc4c3ccc3c5ccc6c(C)cccc6c5cc(OCCOC)c34)c2c1. The fourth-order valence-electron chi connectivity index (χ4n) is 6.29. The fourth-order valence-corrected chi connectivity index (χ4v) is 6.86. The van der Waals surface area contributed by atoms with Gasteiger partial charge in [0.25, 0.3) is 0 Å². The predicted molar refractivity (Wildman–Crippen MR) is 179 cm³/mol. The summed E-state index contributed by atoms with van der Waals surface area (Å²) in [5, 5.41) is 14.3. The summed E-state index contributed by atoms with van der Waals surface area (Å²) in [6, 6.07) is 30.8. The van der Waals surface area contributed by atoms with Gasteiger partial charge in [-0.15, -0.1) is 0 Å². The Morgan fingerprint density at radius 3 is 1.74 bits per heavy atom. The van der Waals surface area contributed by atoms with Crippen LogP contribution in [0.15, 0.2) is 89.4 Å². The van der Waals surface area contributed by atoms with Gasteiger partial charge in [-0.3, -0.25) is 0 Å². The van der Waals surface area contributed by atoms with Gasteiger partial charge in [-0.05, 0) is 89.9 Å². The second-order valence-electron chi connectivity index (χ2n) is 10.7. The average Bonchev–Trinajstić information content (AvgIpc) is 3.00. The lowest BCUT2D eigenvalue weighted by Gasteiger charge is -2.17. The van der Waals surface area contributed by atoms with Gasteiger partial charge >= 0.3 is 0 Å². The minimum absolute atomic E-state index is 0.482. The Morgan fingerprint density at radius 1 is 0.500 bits per heavy atom. The van der Waals surface area contributed by atoms with Crippen LogP contribution in [0.25, 0.3) is 64.6 Å². The number of halogens is 1. The van der Waals surface area contributed by atoms with E-state index in [0.717, 1.165) is 32.1 Å². The molecule has 0 atom stereocenters. The van der Waals surface area contributed by atoms with Gasteiger partial charge in [-0.1, -0.05) is 82.7 Å². The molecule has 210 valence electrons. The van der Waals surface area contributed by atoms with Crippen LogP contribution in [-0.2, 0) is 9.47 Å². The summed E-state index contributed by atoms with van der Waals surface area (Å²) in [4.78, 5) is 0. The average molecular weight is 620 g/mol. The third-order valence-electron chi connectivity index (χ3n) is 8.29. The van der Waals surface area contributed by atoms with Crippen LogP contribution < -0.4 is 9.47 Å². The Bertz CT molecular complexity index is 2150. The van der Waals surface area contributed by atoms with E-state index in [1.807, 2.05) is 6.07 Å². The van der Waals surface area contributed by atoms with Crippen molar-refractivity contribution in [3.8, 4) is 11.5 Å². The molecule has 0 amide bonds. The number of methoxy groups -OCH3 is 2. The summed E-state index contributed by atoms with van der Waals surface area (Å²) < 4.78 is 24.0. The summed E-state index contributed by atoms with van der Waals surface area (Å²) in [5.74, 6) is 1.70. The predicted octanol–water partition coefficient (Wildman–Crippen LogP) is 9.73. The molecule has 5 heteroatoms. The minimum Gasteiger partial charge on any atom is -0.491 e. The van der Waals surface area contributed by atoms with E-state index in [1.165, 1.54) is 54.0 Å². The largest absolute Gasteiger partial charge is 0.491 e. The van der Waals surface area contributed by atoms with Gasteiger partial charge in [0.05, 0.1) is 13.2 Å². The number of benzene rings is 7. The number of ether oxygens (including phenoxy) is 4. The maximum atomic E-state index is 6.46. The first-order valence-electron chi connectivity index (χ1n) is 14.2. The smallest absolute Gasteiger partial charge is 0.128 e. The molecule has 42 heavy (non-hydrogen) atoms.